The number of guanidine groups is 1. The van der Waals surface area contributed by atoms with Gasteiger partial charge in [0.1, 0.15) is 11.7 Å². The molecule has 0 saturated carbocycles. The molecular formula is C40H73BN7O7+. The van der Waals surface area contributed by atoms with Gasteiger partial charge in [-0.1, -0.05) is 97.3 Å². The standard InChI is InChI=1S/C40H72BN7O7/c1-5-6-7-8-9-10-11-12-13-14-15-16-17-20-31(2)30-44-38(51)35(21-18-19-25-45-41(4)54)47-37(50)24-27-55-28-26-48(40(42)43)36-29-33(39(52)53)22-23-34(36)46-32(3)49/h22-23,29,31,35,45,54H,5-21,24-28,30H2,1-4H3,(H7,42,43,44,46,47,49,50,51,52,53)/p+1/t31?,35-/m0/s1. The number of carbonyl (C=O) groups excluding carboxylic acids is 3. The highest BCUT2D eigenvalue weighted by Crippen LogP contribution is 2.26. The highest BCUT2D eigenvalue weighted by Gasteiger charge is 2.21. The van der Waals surface area contributed by atoms with E-state index in [4.69, 9.17) is 16.2 Å². The van der Waals surface area contributed by atoms with Crippen molar-refractivity contribution in [2.45, 2.75) is 149 Å². The number of carboxylic acid groups (broad SMARTS) is 1. The summed E-state index contributed by atoms with van der Waals surface area (Å²) in [5.74, 6) is -1.85. The first-order valence-corrected chi connectivity index (χ1v) is 20.7. The maximum atomic E-state index is 13.2. The zero-order valence-electron chi connectivity index (χ0n) is 34.3. The Balaban J connectivity index is 2.54. The van der Waals surface area contributed by atoms with Crippen molar-refractivity contribution in [3.05, 3.63) is 23.8 Å². The van der Waals surface area contributed by atoms with Crippen LogP contribution in [-0.2, 0) is 19.1 Å². The second-order valence-corrected chi connectivity index (χ2v) is 14.8. The average molecular weight is 775 g/mol. The molecule has 2 atom stereocenters. The molecule has 0 saturated heterocycles. The van der Waals surface area contributed by atoms with Crippen LogP contribution in [0.3, 0.4) is 0 Å². The Bertz CT molecular complexity index is 1290. The zero-order valence-corrected chi connectivity index (χ0v) is 34.3. The number of carboxylic acids is 1. The number of benzene rings is 1. The summed E-state index contributed by atoms with van der Waals surface area (Å²) in [6, 6.07) is 3.48. The molecule has 10 N–H and O–H groups in total. The second-order valence-electron chi connectivity index (χ2n) is 14.8. The quantitative estimate of drug-likeness (QED) is 0.0152. The molecule has 0 aliphatic carbocycles. The number of carbonyl (C=O) groups is 4. The van der Waals surface area contributed by atoms with E-state index in [1.807, 2.05) is 0 Å². The van der Waals surface area contributed by atoms with Gasteiger partial charge in [-0.15, -0.1) is 0 Å². The summed E-state index contributed by atoms with van der Waals surface area (Å²) in [5, 5.41) is 30.5. The SMILES string of the molecule is CCCCCCCCCCCCCCCC(C)CNC(=O)[C@H](CCCCNB(C)O)NC(=O)CCOCC[N+](=C(N)N)c1cc(C(=O)O)ccc1NC(C)=O. The molecule has 3 amide bonds. The summed E-state index contributed by atoms with van der Waals surface area (Å²) in [5.41, 5.74) is 12.4. The van der Waals surface area contributed by atoms with Crippen LogP contribution >= 0.6 is 0 Å². The van der Waals surface area contributed by atoms with Crippen LogP contribution in [0.1, 0.15) is 147 Å². The van der Waals surface area contributed by atoms with Gasteiger partial charge in [0.15, 0.2) is 0 Å². The molecule has 0 aliphatic heterocycles. The number of anilines is 1. The molecular weight excluding hydrogens is 701 g/mol. The molecule has 0 spiro atoms. The van der Waals surface area contributed by atoms with Crippen LogP contribution in [0.5, 0.6) is 0 Å². The van der Waals surface area contributed by atoms with Crippen LogP contribution < -0.4 is 32.6 Å². The first-order valence-electron chi connectivity index (χ1n) is 20.7. The lowest BCUT2D eigenvalue weighted by Crippen LogP contribution is -2.47. The minimum atomic E-state index is -1.16. The molecule has 55 heavy (non-hydrogen) atoms. The molecule has 0 radical (unpaired) electrons. The highest BCUT2D eigenvalue weighted by atomic mass is 16.5. The summed E-state index contributed by atoms with van der Waals surface area (Å²) < 4.78 is 7.12. The van der Waals surface area contributed by atoms with Crippen LogP contribution in [0.25, 0.3) is 0 Å². The summed E-state index contributed by atoms with van der Waals surface area (Å²) in [6.07, 6.45) is 20.0. The van der Waals surface area contributed by atoms with E-state index in [0.29, 0.717) is 37.5 Å². The Labute approximate surface area is 330 Å². The second kappa shape index (κ2) is 30.5. The van der Waals surface area contributed by atoms with Gasteiger partial charge in [-0.25, -0.2) is 9.37 Å². The van der Waals surface area contributed by atoms with Crippen molar-refractivity contribution < 1.29 is 38.6 Å². The Morgan fingerprint density at radius 3 is 2.04 bits per heavy atom. The largest absolute Gasteiger partial charge is 0.478 e. The van der Waals surface area contributed by atoms with Gasteiger partial charge in [-0.3, -0.25) is 25.9 Å². The van der Waals surface area contributed by atoms with Gasteiger partial charge in [-0.05, 0) is 63.2 Å². The molecule has 1 unspecified atom stereocenters. The Morgan fingerprint density at radius 2 is 1.47 bits per heavy atom. The topological polar surface area (TPSA) is 221 Å². The fraction of sp³-hybridized carbons (Fsp3) is 0.725. The van der Waals surface area contributed by atoms with Crippen molar-refractivity contribution in [2.24, 2.45) is 17.4 Å². The number of hydrogen-bond acceptors (Lipinski definition) is 7. The van der Waals surface area contributed by atoms with Gasteiger partial charge in [0.05, 0.1) is 31.0 Å². The molecule has 1 aromatic carbocycles. The molecule has 0 aliphatic rings. The molecule has 0 fully saturated rings. The third kappa shape index (κ3) is 24.4. The van der Waals surface area contributed by atoms with Crippen molar-refractivity contribution in [3.63, 3.8) is 0 Å². The van der Waals surface area contributed by atoms with Crippen molar-refractivity contribution in [2.75, 3.05) is 38.2 Å². The first kappa shape index (κ1) is 49.3. The van der Waals surface area contributed by atoms with Crippen molar-refractivity contribution in [3.8, 4) is 0 Å². The van der Waals surface area contributed by atoms with Gasteiger partial charge < -0.3 is 36.0 Å². The van der Waals surface area contributed by atoms with Crippen molar-refractivity contribution in [1.82, 2.24) is 15.9 Å². The van der Waals surface area contributed by atoms with Gasteiger partial charge in [0, 0.05) is 19.9 Å². The predicted octanol–water partition coefficient (Wildman–Crippen LogP) is 5.26. The lowest BCUT2D eigenvalue weighted by atomic mass is 9.89. The van der Waals surface area contributed by atoms with Crippen molar-refractivity contribution >= 4 is 48.1 Å². The Kier molecular flexibility index (Phi) is 27.4. The first-order chi connectivity index (χ1) is 26.3. The van der Waals surface area contributed by atoms with Crippen LogP contribution in [0.15, 0.2) is 18.2 Å². The molecule has 0 aromatic heterocycles. The maximum absolute atomic E-state index is 13.2. The summed E-state index contributed by atoms with van der Waals surface area (Å²) in [7, 11) is -0.615. The number of amides is 3. The van der Waals surface area contributed by atoms with E-state index in [1.165, 1.54) is 107 Å². The number of aromatic carboxylic acids is 1. The smallest absolute Gasteiger partial charge is 0.373 e. The fourth-order valence-corrected chi connectivity index (χ4v) is 6.33. The minimum absolute atomic E-state index is 0.0102. The van der Waals surface area contributed by atoms with E-state index in [1.54, 1.807) is 6.82 Å². The summed E-state index contributed by atoms with van der Waals surface area (Å²) >= 11 is 0. The minimum Gasteiger partial charge on any atom is -0.478 e. The number of rotatable bonds is 33. The lowest BCUT2D eigenvalue weighted by Gasteiger charge is -2.20. The molecule has 312 valence electrons. The number of hydrogen-bond donors (Lipinski definition) is 8. The number of nitrogens with zero attached hydrogens (tertiary/aromatic N) is 1. The number of nitrogens with two attached hydrogens (primary N) is 2. The highest BCUT2D eigenvalue weighted by molar-refractivity contribution is 6.45. The van der Waals surface area contributed by atoms with Gasteiger partial charge >= 0.3 is 19.0 Å². The van der Waals surface area contributed by atoms with E-state index in [-0.39, 0.29) is 61.1 Å². The Morgan fingerprint density at radius 1 is 0.873 bits per heavy atom. The third-order valence-corrected chi connectivity index (χ3v) is 9.53. The van der Waals surface area contributed by atoms with E-state index in [9.17, 15) is 29.3 Å². The lowest BCUT2D eigenvalue weighted by molar-refractivity contribution is -0.446. The number of nitrogens with one attached hydrogen (secondary N) is 4. The van der Waals surface area contributed by atoms with E-state index >= 15 is 0 Å². The summed E-state index contributed by atoms with van der Waals surface area (Å²) in [4.78, 5) is 49.5. The van der Waals surface area contributed by atoms with Gasteiger partial charge in [-0.2, -0.15) is 0 Å². The van der Waals surface area contributed by atoms with E-state index in [2.05, 4.69) is 35.0 Å². The molecule has 0 bridgehead atoms. The predicted molar refractivity (Wildman–Crippen MR) is 221 cm³/mol. The molecule has 15 heteroatoms. The van der Waals surface area contributed by atoms with Gasteiger partial charge in [0.2, 0.25) is 17.7 Å². The summed E-state index contributed by atoms with van der Waals surface area (Å²) in [6.45, 7) is 8.78. The third-order valence-electron chi connectivity index (χ3n) is 9.53. The molecule has 14 nitrogen and oxygen atoms in total. The molecule has 1 aromatic rings. The van der Waals surface area contributed by atoms with Gasteiger partial charge in [0.25, 0.3) is 0 Å². The van der Waals surface area contributed by atoms with Crippen LogP contribution in [0.2, 0.25) is 6.82 Å². The monoisotopic (exact) mass is 775 g/mol. The molecule has 0 heterocycles. The van der Waals surface area contributed by atoms with Crippen molar-refractivity contribution in [1.29, 1.82) is 0 Å². The zero-order chi connectivity index (χ0) is 40.8. The van der Waals surface area contributed by atoms with Crippen LogP contribution in [0, 0.1) is 5.92 Å². The van der Waals surface area contributed by atoms with E-state index in [0.717, 1.165) is 19.3 Å². The molecule has 1 rings (SSSR count). The average Bonchev–Trinajstić information content (AvgIpc) is 3.13. The number of ether oxygens (including phenoxy) is 1. The van der Waals surface area contributed by atoms with Crippen LogP contribution in [0.4, 0.5) is 11.4 Å². The normalized spacial score (nSPS) is 12.1. The number of unbranched alkanes of at least 4 members (excludes halogenated alkanes) is 13. The van der Waals surface area contributed by atoms with E-state index < -0.39 is 19.1 Å². The van der Waals surface area contributed by atoms with Crippen LogP contribution in [-0.4, -0.2) is 90.3 Å². The Hall–Kier alpha value is -3.69. The fourth-order valence-electron chi connectivity index (χ4n) is 6.33. The maximum Gasteiger partial charge on any atom is 0.373 e.